The van der Waals surface area contributed by atoms with Crippen LogP contribution < -0.4 is 4.74 Å². The van der Waals surface area contributed by atoms with E-state index in [2.05, 4.69) is 25.7 Å². The Morgan fingerprint density at radius 2 is 1.85 bits per heavy atom. The van der Waals surface area contributed by atoms with E-state index < -0.39 is 45.8 Å². The summed E-state index contributed by atoms with van der Waals surface area (Å²) >= 11 is 7.61. The summed E-state index contributed by atoms with van der Waals surface area (Å²) in [7, 11) is 0. The van der Waals surface area contributed by atoms with E-state index in [0.717, 1.165) is 0 Å². The standard InChI is InChI=1S/C9H3BrClF6NO2/c10-2-4-5(20-9(15,16)17)1-3(7(11)19)6(18-4)8(12,13)14/h1H,2H2. The predicted octanol–water partition coefficient (Wildman–Crippen LogP) is 4.27. The second-order valence-electron chi connectivity index (χ2n) is 3.28. The molecular weight excluding hydrogens is 383 g/mol. The van der Waals surface area contributed by atoms with Crippen LogP contribution in [-0.2, 0) is 11.5 Å². The van der Waals surface area contributed by atoms with Gasteiger partial charge in [0, 0.05) is 5.33 Å². The molecule has 1 rings (SSSR count). The first-order valence-electron chi connectivity index (χ1n) is 4.58. The molecule has 0 radical (unpaired) electrons. The largest absolute Gasteiger partial charge is 0.573 e. The van der Waals surface area contributed by atoms with Gasteiger partial charge in [0.1, 0.15) is 0 Å². The van der Waals surface area contributed by atoms with Crippen molar-refractivity contribution in [3.8, 4) is 5.75 Å². The Kier molecular flexibility index (Phi) is 4.90. The zero-order valence-electron chi connectivity index (χ0n) is 9.07. The lowest BCUT2D eigenvalue weighted by Gasteiger charge is -2.16. The number of aromatic nitrogens is 1. The lowest BCUT2D eigenvalue weighted by Crippen LogP contribution is -2.21. The molecule has 11 heteroatoms. The van der Waals surface area contributed by atoms with Gasteiger partial charge in [-0.1, -0.05) is 15.9 Å². The Morgan fingerprint density at radius 1 is 1.30 bits per heavy atom. The van der Waals surface area contributed by atoms with Gasteiger partial charge in [-0.05, 0) is 17.7 Å². The second kappa shape index (κ2) is 5.76. The molecule has 0 aromatic carbocycles. The van der Waals surface area contributed by atoms with E-state index in [0.29, 0.717) is 0 Å². The highest BCUT2D eigenvalue weighted by Gasteiger charge is 2.39. The molecule has 0 spiro atoms. The molecule has 1 heterocycles. The highest BCUT2D eigenvalue weighted by molar-refractivity contribution is 9.08. The van der Waals surface area contributed by atoms with Gasteiger partial charge in [-0.15, -0.1) is 13.2 Å². The van der Waals surface area contributed by atoms with Crippen LogP contribution in [0, 0.1) is 0 Å². The number of alkyl halides is 7. The maximum absolute atomic E-state index is 12.6. The summed E-state index contributed by atoms with van der Waals surface area (Å²) in [5.74, 6) is -1.04. The number of nitrogens with zero attached hydrogens (tertiary/aromatic N) is 1. The van der Waals surface area contributed by atoms with Gasteiger partial charge in [-0.25, -0.2) is 4.98 Å². The van der Waals surface area contributed by atoms with Crippen LogP contribution in [0.5, 0.6) is 5.75 Å². The summed E-state index contributed by atoms with van der Waals surface area (Å²) < 4.78 is 77.8. The Labute approximate surface area is 121 Å². The van der Waals surface area contributed by atoms with Crippen molar-refractivity contribution in [3.63, 3.8) is 0 Å². The van der Waals surface area contributed by atoms with Gasteiger partial charge in [0.05, 0.1) is 11.3 Å². The maximum Gasteiger partial charge on any atom is 0.573 e. The monoisotopic (exact) mass is 385 g/mol. The van der Waals surface area contributed by atoms with Gasteiger partial charge in [-0.2, -0.15) is 13.2 Å². The first kappa shape index (κ1) is 17.0. The number of hydrogen-bond donors (Lipinski definition) is 0. The normalized spacial score (nSPS) is 12.4. The van der Waals surface area contributed by atoms with E-state index in [1.807, 2.05) is 0 Å². The molecule has 0 aliphatic carbocycles. The van der Waals surface area contributed by atoms with Gasteiger partial charge < -0.3 is 4.74 Å². The summed E-state index contributed by atoms with van der Waals surface area (Å²) in [6, 6.07) is 0.259. The van der Waals surface area contributed by atoms with Gasteiger partial charge in [0.25, 0.3) is 5.24 Å². The minimum atomic E-state index is -5.15. The van der Waals surface area contributed by atoms with Crippen molar-refractivity contribution < 1.29 is 35.9 Å². The Morgan fingerprint density at radius 3 is 2.20 bits per heavy atom. The van der Waals surface area contributed by atoms with E-state index in [-0.39, 0.29) is 6.07 Å². The van der Waals surface area contributed by atoms with Gasteiger partial charge in [0.2, 0.25) is 0 Å². The van der Waals surface area contributed by atoms with E-state index in [1.54, 1.807) is 0 Å². The molecule has 1 aromatic rings. The molecule has 112 valence electrons. The molecule has 3 nitrogen and oxygen atoms in total. The van der Waals surface area contributed by atoms with Crippen molar-refractivity contribution in [2.45, 2.75) is 17.9 Å². The lowest BCUT2D eigenvalue weighted by molar-refractivity contribution is -0.275. The average molecular weight is 386 g/mol. The molecule has 0 saturated carbocycles. The van der Waals surface area contributed by atoms with Crippen LogP contribution in [-0.4, -0.2) is 16.6 Å². The molecule has 0 atom stereocenters. The molecule has 0 aliphatic rings. The third-order valence-electron chi connectivity index (χ3n) is 1.89. The fraction of sp³-hybridized carbons (Fsp3) is 0.333. The molecule has 0 fully saturated rings. The summed E-state index contributed by atoms with van der Waals surface area (Å²) in [6.45, 7) is 0. The van der Waals surface area contributed by atoms with E-state index >= 15 is 0 Å². The zero-order valence-corrected chi connectivity index (χ0v) is 11.4. The molecule has 1 aromatic heterocycles. The number of rotatable bonds is 3. The Balaban J connectivity index is 3.49. The number of carbonyl (C=O) groups excluding carboxylic acids is 1. The molecule has 0 amide bonds. The Hall–Kier alpha value is -1.03. The van der Waals surface area contributed by atoms with Crippen LogP contribution >= 0.6 is 27.5 Å². The zero-order chi connectivity index (χ0) is 15.7. The number of pyridine rings is 1. The molecular formula is C9H3BrClF6NO2. The van der Waals surface area contributed by atoms with Crippen LogP contribution in [0.25, 0.3) is 0 Å². The number of halogens is 8. The highest BCUT2D eigenvalue weighted by Crippen LogP contribution is 2.36. The van der Waals surface area contributed by atoms with Crippen LogP contribution in [0.1, 0.15) is 21.7 Å². The third kappa shape index (κ3) is 4.23. The quantitative estimate of drug-likeness (QED) is 0.442. The fourth-order valence-electron chi connectivity index (χ4n) is 1.21. The maximum atomic E-state index is 12.6. The van der Waals surface area contributed by atoms with Crippen molar-refractivity contribution in [2.24, 2.45) is 0 Å². The first-order valence-corrected chi connectivity index (χ1v) is 6.08. The van der Waals surface area contributed by atoms with Crippen molar-refractivity contribution in [1.29, 1.82) is 0 Å². The first-order chi connectivity index (χ1) is 8.95. The molecule has 0 N–H and O–H groups in total. The molecule has 0 unspecified atom stereocenters. The minimum absolute atomic E-state index is 0.259. The molecule has 0 aliphatic heterocycles. The smallest absolute Gasteiger partial charge is 0.404 e. The summed E-state index contributed by atoms with van der Waals surface area (Å²) in [4.78, 5) is 13.9. The van der Waals surface area contributed by atoms with Gasteiger partial charge in [-0.3, -0.25) is 4.79 Å². The summed E-state index contributed by atoms with van der Waals surface area (Å²) in [5, 5.41) is -2.05. The van der Waals surface area contributed by atoms with Crippen LogP contribution in [0.4, 0.5) is 26.3 Å². The van der Waals surface area contributed by atoms with Crippen molar-refractivity contribution in [3.05, 3.63) is 23.0 Å². The lowest BCUT2D eigenvalue weighted by atomic mass is 10.1. The van der Waals surface area contributed by atoms with Crippen molar-refractivity contribution in [1.82, 2.24) is 4.98 Å². The van der Waals surface area contributed by atoms with Crippen molar-refractivity contribution >= 4 is 32.8 Å². The third-order valence-corrected chi connectivity index (χ3v) is 2.63. The summed E-state index contributed by atoms with van der Waals surface area (Å²) in [6.07, 6.45) is -10.2. The van der Waals surface area contributed by atoms with Gasteiger partial charge >= 0.3 is 12.5 Å². The van der Waals surface area contributed by atoms with Crippen LogP contribution in [0.2, 0.25) is 0 Å². The predicted molar refractivity (Wildman–Crippen MR) is 58.7 cm³/mol. The molecule has 20 heavy (non-hydrogen) atoms. The average Bonchev–Trinajstić information content (AvgIpc) is 2.24. The minimum Gasteiger partial charge on any atom is -0.404 e. The topological polar surface area (TPSA) is 39.2 Å². The van der Waals surface area contributed by atoms with E-state index in [4.69, 9.17) is 11.6 Å². The van der Waals surface area contributed by atoms with Crippen molar-refractivity contribution in [2.75, 3.05) is 0 Å². The number of hydrogen-bond acceptors (Lipinski definition) is 3. The van der Waals surface area contributed by atoms with Gasteiger partial charge in [0.15, 0.2) is 11.4 Å². The highest BCUT2D eigenvalue weighted by atomic mass is 79.9. The molecule has 0 bridgehead atoms. The number of carbonyl (C=O) groups is 1. The van der Waals surface area contributed by atoms with Crippen LogP contribution in [0.15, 0.2) is 6.07 Å². The van der Waals surface area contributed by atoms with Crippen LogP contribution in [0.3, 0.4) is 0 Å². The Bertz CT molecular complexity index is 530. The second-order valence-corrected chi connectivity index (χ2v) is 4.19. The fourth-order valence-corrected chi connectivity index (χ4v) is 1.75. The van der Waals surface area contributed by atoms with E-state index in [1.165, 1.54) is 0 Å². The number of ether oxygens (including phenoxy) is 1. The van der Waals surface area contributed by atoms with E-state index in [9.17, 15) is 31.1 Å². The summed E-state index contributed by atoms with van der Waals surface area (Å²) in [5.41, 5.74) is -3.57. The molecule has 0 saturated heterocycles. The SMILES string of the molecule is O=C(Cl)c1cc(OC(F)(F)F)c(CBr)nc1C(F)(F)F.